The summed E-state index contributed by atoms with van der Waals surface area (Å²) in [6.07, 6.45) is 1.92. The van der Waals surface area contributed by atoms with Crippen molar-refractivity contribution in [2.75, 3.05) is 5.73 Å². The molecule has 1 aromatic heterocycles. The van der Waals surface area contributed by atoms with E-state index in [4.69, 9.17) is 11.6 Å². The van der Waals surface area contributed by atoms with Gasteiger partial charge in [0.1, 0.15) is 0 Å². The van der Waals surface area contributed by atoms with Crippen molar-refractivity contribution < 1.29 is 14.7 Å². The van der Waals surface area contributed by atoms with E-state index in [-0.39, 0.29) is 12.8 Å². The van der Waals surface area contributed by atoms with Crippen LogP contribution < -0.4 is 22.1 Å². The molecule has 8 heteroatoms. The SMILES string of the molecule is CCCC[C@](CCC(=O)[O-])(C(=O)NN)c1csc(N)n1. The van der Waals surface area contributed by atoms with E-state index >= 15 is 0 Å². The Kier molecular flexibility index (Phi) is 5.90. The number of unbranched alkanes of at least 4 members (excludes halogenated alkanes) is 1. The molecule has 1 atom stereocenters. The van der Waals surface area contributed by atoms with Crippen LogP contribution in [0.2, 0.25) is 0 Å². The first-order valence-electron chi connectivity index (χ1n) is 6.38. The Bertz CT molecular complexity index is 477. The molecule has 0 aliphatic carbocycles. The zero-order valence-electron chi connectivity index (χ0n) is 11.3. The van der Waals surface area contributed by atoms with Gasteiger partial charge in [0.2, 0.25) is 5.91 Å². The van der Waals surface area contributed by atoms with Gasteiger partial charge in [-0.05, 0) is 19.3 Å². The lowest BCUT2D eigenvalue weighted by atomic mass is 9.75. The summed E-state index contributed by atoms with van der Waals surface area (Å²) in [4.78, 5) is 27.1. The molecular formula is C12H19N4O3S-. The van der Waals surface area contributed by atoms with Crippen molar-refractivity contribution >= 4 is 28.3 Å². The standard InChI is InChI=1S/C12H20N4O3S/c1-2-3-5-12(10(19)16-14,6-4-9(17)18)8-7-20-11(13)15-8/h7H,2-6,14H2,1H3,(H2,13,15)(H,16,19)(H,17,18)/p-1/t12-/m1/s1. The van der Waals surface area contributed by atoms with Gasteiger partial charge in [-0.2, -0.15) is 0 Å². The number of nitrogen functional groups attached to an aromatic ring is 1. The topological polar surface area (TPSA) is 134 Å². The fraction of sp³-hybridized carbons (Fsp3) is 0.583. The fourth-order valence-corrected chi connectivity index (χ4v) is 2.83. The number of nitrogens with zero attached hydrogens (tertiary/aromatic N) is 1. The minimum absolute atomic E-state index is 0.0849. The number of hydrogen-bond donors (Lipinski definition) is 3. The number of nitrogens with two attached hydrogens (primary N) is 2. The van der Waals surface area contributed by atoms with Crippen LogP contribution >= 0.6 is 11.3 Å². The number of aromatic nitrogens is 1. The summed E-state index contributed by atoms with van der Waals surface area (Å²) in [5, 5.41) is 12.8. The van der Waals surface area contributed by atoms with E-state index in [1.807, 2.05) is 6.92 Å². The number of carboxylic acids is 1. The monoisotopic (exact) mass is 299 g/mol. The molecule has 0 bridgehead atoms. The second-order valence-electron chi connectivity index (χ2n) is 4.60. The van der Waals surface area contributed by atoms with Crippen LogP contribution in [-0.2, 0) is 15.0 Å². The molecule has 0 spiro atoms. The van der Waals surface area contributed by atoms with Gasteiger partial charge in [-0.1, -0.05) is 19.8 Å². The number of rotatable bonds is 8. The summed E-state index contributed by atoms with van der Waals surface area (Å²) in [7, 11) is 0. The quantitative estimate of drug-likeness (QED) is 0.342. The molecule has 0 aliphatic rings. The van der Waals surface area contributed by atoms with Crippen LogP contribution in [-0.4, -0.2) is 16.9 Å². The molecule has 112 valence electrons. The summed E-state index contributed by atoms with van der Waals surface area (Å²) in [5.41, 5.74) is 7.13. The van der Waals surface area contributed by atoms with Crippen molar-refractivity contribution in [1.82, 2.24) is 10.4 Å². The summed E-state index contributed by atoms with van der Waals surface area (Å²) >= 11 is 1.21. The highest BCUT2D eigenvalue weighted by Crippen LogP contribution is 2.36. The first-order chi connectivity index (χ1) is 9.46. The molecule has 0 saturated heterocycles. The predicted molar refractivity (Wildman–Crippen MR) is 74.3 cm³/mol. The molecule has 0 saturated carbocycles. The molecule has 0 aromatic carbocycles. The van der Waals surface area contributed by atoms with Gasteiger partial charge in [-0.3, -0.25) is 10.2 Å². The van der Waals surface area contributed by atoms with E-state index in [9.17, 15) is 14.7 Å². The Hall–Kier alpha value is -1.67. The average molecular weight is 299 g/mol. The number of hydrogen-bond acceptors (Lipinski definition) is 7. The van der Waals surface area contributed by atoms with E-state index in [1.54, 1.807) is 5.38 Å². The molecule has 0 fully saturated rings. The van der Waals surface area contributed by atoms with Crippen molar-refractivity contribution in [3.05, 3.63) is 11.1 Å². The number of carboxylic acid groups (broad SMARTS) is 1. The van der Waals surface area contributed by atoms with Gasteiger partial charge in [-0.15, -0.1) is 11.3 Å². The first kappa shape index (κ1) is 16.4. The van der Waals surface area contributed by atoms with Gasteiger partial charge < -0.3 is 15.6 Å². The lowest BCUT2D eigenvalue weighted by Crippen LogP contribution is -2.48. The molecule has 5 N–H and O–H groups in total. The summed E-state index contributed by atoms with van der Waals surface area (Å²) in [5.74, 6) is 3.61. The van der Waals surface area contributed by atoms with Crippen LogP contribution in [0.25, 0.3) is 0 Å². The third kappa shape index (κ3) is 3.67. The Morgan fingerprint density at radius 2 is 2.20 bits per heavy atom. The van der Waals surface area contributed by atoms with Crippen LogP contribution in [0, 0.1) is 0 Å². The zero-order valence-corrected chi connectivity index (χ0v) is 12.2. The number of carbonyl (C=O) groups is 2. The molecule has 1 rings (SSSR count). The van der Waals surface area contributed by atoms with Crippen molar-refractivity contribution in [3.63, 3.8) is 0 Å². The Balaban J connectivity index is 3.16. The number of carbonyl (C=O) groups excluding carboxylic acids is 2. The van der Waals surface area contributed by atoms with Gasteiger partial charge in [0, 0.05) is 11.3 Å². The summed E-state index contributed by atoms with van der Waals surface area (Å²) < 4.78 is 0. The molecule has 1 aromatic rings. The van der Waals surface area contributed by atoms with Crippen molar-refractivity contribution in [1.29, 1.82) is 0 Å². The van der Waals surface area contributed by atoms with Crippen molar-refractivity contribution in [3.8, 4) is 0 Å². The zero-order chi connectivity index (χ0) is 15.2. The Labute approximate surface area is 121 Å². The van der Waals surface area contributed by atoms with Crippen LogP contribution in [0.5, 0.6) is 0 Å². The predicted octanol–water partition coefficient (Wildman–Crippen LogP) is -0.327. The largest absolute Gasteiger partial charge is 0.550 e. The highest BCUT2D eigenvalue weighted by molar-refractivity contribution is 7.13. The highest BCUT2D eigenvalue weighted by Gasteiger charge is 2.41. The number of aliphatic carboxylic acids is 1. The number of nitrogens with one attached hydrogen (secondary N) is 1. The lowest BCUT2D eigenvalue weighted by molar-refractivity contribution is -0.306. The van der Waals surface area contributed by atoms with Crippen LogP contribution in [0.15, 0.2) is 5.38 Å². The first-order valence-corrected chi connectivity index (χ1v) is 7.26. The van der Waals surface area contributed by atoms with Crippen molar-refractivity contribution in [2.24, 2.45) is 5.84 Å². The van der Waals surface area contributed by atoms with Crippen LogP contribution in [0.4, 0.5) is 5.13 Å². The molecule has 1 amide bonds. The average Bonchev–Trinajstić information content (AvgIpc) is 2.85. The van der Waals surface area contributed by atoms with Gasteiger partial charge in [0.25, 0.3) is 0 Å². The normalized spacial score (nSPS) is 13.7. The van der Waals surface area contributed by atoms with Gasteiger partial charge in [-0.25, -0.2) is 10.8 Å². The summed E-state index contributed by atoms with van der Waals surface area (Å²) in [6.45, 7) is 1.99. The Morgan fingerprint density at radius 3 is 2.65 bits per heavy atom. The van der Waals surface area contributed by atoms with Crippen molar-refractivity contribution in [2.45, 2.75) is 44.4 Å². The molecule has 0 aliphatic heterocycles. The third-order valence-corrected chi connectivity index (χ3v) is 3.96. The molecule has 7 nitrogen and oxygen atoms in total. The van der Waals surface area contributed by atoms with E-state index in [0.29, 0.717) is 17.2 Å². The number of thiazole rings is 1. The summed E-state index contributed by atoms with van der Waals surface area (Å²) in [6, 6.07) is 0. The van der Waals surface area contributed by atoms with E-state index < -0.39 is 17.3 Å². The fourth-order valence-electron chi connectivity index (χ4n) is 2.16. The van der Waals surface area contributed by atoms with Crippen LogP contribution in [0.3, 0.4) is 0 Å². The van der Waals surface area contributed by atoms with E-state index in [1.165, 1.54) is 11.3 Å². The van der Waals surface area contributed by atoms with Gasteiger partial charge in [0.15, 0.2) is 5.13 Å². The maximum absolute atomic E-state index is 12.2. The molecule has 0 unspecified atom stereocenters. The number of hydrazine groups is 1. The third-order valence-electron chi connectivity index (χ3n) is 3.29. The van der Waals surface area contributed by atoms with E-state index in [0.717, 1.165) is 12.8 Å². The molecule has 1 heterocycles. The highest BCUT2D eigenvalue weighted by atomic mass is 32.1. The molecule has 0 radical (unpaired) electrons. The molecular weight excluding hydrogens is 280 g/mol. The second kappa shape index (κ2) is 7.20. The lowest BCUT2D eigenvalue weighted by Gasteiger charge is -2.30. The smallest absolute Gasteiger partial charge is 0.246 e. The minimum atomic E-state index is -1.21. The molecule has 20 heavy (non-hydrogen) atoms. The van der Waals surface area contributed by atoms with Gasteiger partial charge in [0.05, 0.1) is 11.1 Å². The second-order valence-corrected chi connectivity index (χ2v) is 5.49. The Morgan fingerprint density at radius 1 is 1.50 bits per heavy atom. The number of amides is 1. The minimum Gasteiger partial charge on any atom is -0.550 e. The maximum Gasteiger partial charge on any atom is 0.246 e. The number of anilines is 1. The maximum atomic E-state index is 12.2. The van der Waals surface area contributed by atoms with E-state index in [2.05, 4.69) is 10.4 Å². The van der Waals surface area contributed by atoms with Crippen LogP contribution in [0.1, 0.15) is 44.7 Å². The van der Waals surface area contributed by atoms with Gasteiger partial charge >= 0.3 is 0 Å².